The number of rotatable bonds is 7. The van der Waals surface area contributed by atoms with Gasteiger partial charge in [-0.3, -0.25) is 9.59 Å². The van der Waals surface area contributed by atoms with Gasteiger partial charge in [-0.1, -0.05) is 30.3 Å². The topological polar surface area (TPSA) is 58.6 Å². The lowest BCUT2D eigenvalue weighted by atomic mass is 9.74. The first-order valence-corrected chi connectivity index (χ1v) is 10.6. The monoisotopic (exact) mass is 400 g/mol. The third-order valence-electron chi connectivity index (χ3n) is 5.46. The van der Waals surface area contributed by atoms with Crippen LogP contribution in [0.3, 0.4) is 0 Å². The molecule has 3 rings (SSSR count). The predicted molar refractivity (Wildman–Crippen MR) is 112 cm³/mol. The Hall–Kier alpha value is -2.18. The fraction of sp³-hybridized carbons (Fsp3) is 0.455. The minimum atomic E-state index is -0.583. The number of hydrogen-bond acceptors (Lipinski definition) is 4. The first-order valence-electron chi connectivity index (χ1n) is 9.70. The first kappa shape index (κ1) is 20.6. The summed E-state index contributed by atoms with van der Waals surface area (Å²) in [4.78, 5) is 28.4. The lowest BCUT2D eigenvalue weighted by Gasteiger charge is -2.41. The van der Waals surface area contributed by atoms with Gasteiger partial charge in [-0.25, -0.2) is 0 Å². The highest BCUT2D eigenvalue weighted by Crippen LogP contribution is 2.35. The Morgan fingerprint density at radius 1 is 1.25 bits per heavy atom. The van der Waals surface area contributed by atoms with E-state index in [1.807, 2.05) is 11.0 Å². The molecular weight excluding hydrogens is 372 g/mol. The summed E-state index contributed by atoms with van der Waals surface area (Å²) in [6.45, 7) is 1.58. The maximum absolute atomic E-state index is 12.9. The summed E-state index contributed by atoms with van der Waals surface area (Å²) in [5.41, 5.74) is 1.73. The minimum Gasteiger partial charge on any atom is -0.384 e. The van der Waals surface area contributed by atoms with E-state index >= 15 is 0 Å². The van der Waals surface area contributed by atoms with Crippen LogP contribution in [0.2, 0.25) is 0 Å². The van der Waals surface area contributed by atoms with Crippen molar-refractivity contribution in [3.05, 3.63) is 47.3 Å². The Kier molecular flexibility index (Phi) is 6.86. The van der Waals surface area contributed by atoms with Gasteiger partial charge in [0, 0.05) is 32.1 Å². The van der Waals surface area contributed by atoms with E-state index in [-0.39, 0.29) is 11.8 Å². The molecule has 1 saturated heterocycles. The number of likely N-dealkylation sites (tertiary alicyclic amines) is 1. The van der Waals surface area contributed by atoms with Crippen LogP contribution in [0.25, 0.3) is 10.4 Å². The average molecular weight is 401 g/mol. The summed E-state index contributed by atoms with van der Waals surface area (Å²) in [5.74, 6) is 0.0712. The van der Waals surface area contributed by atoms with E-state index < -0.39 is 5.41 Å². The molecule has 2 heterocycles. The van der Waals surface area contributed by atoms with Gasteiger partial charge in [0.1, 0.15) is 0 Å². The van der Waals surface area contributed by atoms with Gasteiger partial charge in [-0.15, -0.1) is 11.3 Å². The smallest absolute Gasteiger partial charge is 0.228 e. The molecule has 28 heavy (non-hydrogen) atoms. The van der Waals surface area contributed by atoms with Crippen LogP contribution in [0.15, 0.2) is 41.8 Å². The molecule has 2 amide bonds. The maximum atomic E-state index is 12.9. The van der Waals surface area contributed by atoms with Crippen molar-refractivity contribution in [1.29, 1.82) is 0 Å². The van der Waals surface area contributed by atoms with E-state index in [2.05, 4.69) is 41.0 Å². The van der Waals surface area contributed by atoms with Crippen LogP contribution in [0.4, 0.5) is 0 Å². The molecule has 0 aliphatic carbocycles. The van der Waals surface area contributed by atoms with Crippen LogP contribution in [0.1, 0.15) is 24.8 Å². The Balaban J connectivity index is 1.77. The minimum absolute atomic E-state index is 0.0130. The summed E-state index contributed by atoms with van der Waals surface area (Å²) in [6, 6.07) is 12.6. The maximum Gasteiger partial charge on any atom is 0.228 e. The fourth-order valence-corrected chi connectivity index (χ4v) is 4.72. The van der Waals surface area contributed by atoms with Gasteiger partial charge in [0.2, 0.25) is 11.8 Å². The van der Waals surface area contributed by atoms with Crippen LogP contribution in [-0.4, -0.2) is 50.6 Å². The zero-order valence-corrected chi connectivity index (χ0v) is 17.4. The summed E-state index contributed by atoms with van der Waals surface area (Å²) in [6.07, 6.45) is 2.61. The van der Waals surface area contributed by atoms with Crippen molar-refractivity contribution in [3.8, 4) is 10.4 Å². The second kappa shape index (κ2) is 9.34. The van der Waals surface area contributed by atoms with Crippen molar-refractivity contribution in [2.24, 2.45) is 5.41 Å². The number of hydrogen-bond donors (Lipinski definition) is 1. The molecule has 1 aromatic carbocycles. The lowest BCUT2D eigenvalue weighted by Crippen LogP contribution is -2.54. The van der Waals surface area contributed by atoms with E-state index in [0.717, 1.165) is 18.4 Å². The molecule has 0 saturated carbocycles. The van der Waals surface area contributed by atoms with Crippen molar-refractivity contribution in [2.75, 3.05) is 33.9 Å². The molecule has 1 aliphatic heterocycles. The number of carbonyl (C=O) groups is 2. The van der Waals surface area contributed by atoms with Crippen molar-refractivity contribution < 1.29 is 14.3 Å². The van der Waals surface area contributed by atoms with Crippen LogP contribution < -0.4 is 5.32 Å². The highest BCUT2D eigenvalue weighted by atomic mass is 32.1. The summed E-state index contributed by atoms with van der Waals surface area (Å²) >= 11 is 1.72. The number of nitrogens with zero attached hydrogens (tertiary/aromatic N) is 1. The second-order valence-electron chi connectivity index (χ2n) is 7.37. The van der Waals surface area contributed by atoms with Gasteiger partial charge in [-0.2, -0.15) is 0 Å². The Bertz CT molecular complexity index is 789. The molecule has 1 atom stereocenters. The van der Waals surface area contributed by atoms with Gasteiger partial charge in [0.05, 0.1) is 18.4 Å². The quantitative estimate of drug-likeness (QED) is 0.775. The molecule has 6 heteroatoms. The van der Waals surface area contributed by atoms with Gasteiger partial charge >= 0.3 is 0 Å². The van der Waals surface area contributed by atoms with Gasteiger partial charge in [0.15, 0.2) is 0 Å². The van der Waals surface area contributed by atoms with Crippen LogP contribution >= 0.6 is 11.3 Å². The summed E-state index contributed by atoms with van der Waals surface area (Å²) < 4.78 is 5.04. The van der Waals surface area contributed by atoms with Crippen molar-refractivity contribution in [3.63, 3.8) is 0 Å². The predicted octanol–water partition coefficient (Wildman–Crippen LogP) is 3.35. The van der Waals surface area contributed by atoms with Crippen LogP contribution in [0, 0.1) is 5.41 Å². The van der Waals surface area contributed by atoms with E-state index in [9.17, 15) is 9.59 Å². The van der Waals surface area contributed by atoms with Crippen molar-refractivity contribution >= 4 is 23.2 Å². The van der Waals surface area contributed by atoms with Gasteiger partial charge in [0.25, 0.3) is 0 Å². The second-order valence-corrected chi connectivity index (χ2v) is 8.32. The molecule has 0 bridgehead atoms. The number of thiophene rings is 1. The number of benzene rings is 1. The molecule has 150 valence electrons. The van der Waals surface area contributed by atoms with Gasteiger partial charge < -0.3 is 15.0 Å². The molecule has 1 aromatic heterocycles. The SMILES string of the molecule is CNC(=O)C1(Cc2ccc(-c3cccs3)cc2)CCCN(C(=O)CCOC)C1. The van der Waals surface area contributed by atoms with Crippen molar-refractivity contribution in [2.45, 2.75) is 25.7 Å². The number of nitrogens with one attached hydrogen (secondary N) is 1. The molecular formula is C22H28N2O3S. The van der Waals surface area contributed by atoms with Crippen LogP contribution in [-0.2, 0) is 20.7 Å². The zero-order valence-electron chi connectivity index (χ0n) is 16.6. The number of methoxy groups -OCH3 is 1. The third-order valence-corrected chi connectivity index (χ3v) is 6.38. The largest absolute Gasteiger partial charge is 0.384 e. The van der Waals surface area contributed by atoms with Crippen LogP contribution in [0.5, 0.6) is 0 Å². The molecule has 2 aromatic rings. The van der Waals surface area contributed by atoms with E-state index in [0.29, 0.717) is 32.5 Å². The lowest BCUT2D eigenvalue weighted by molar-refractivity contribution is -0.141. The standard InChI is InChI=1S/C22H28N2O3S/c1-23-21(26)22(11-4-12-24(16-22)20(25)10-13-27-2)15-17-6-8-18(9-7-17)19-5-3-14-28-19/h3,5-9,14H,4,10-13,15-16H2,1-2H3,(H,23,26). The highest BCUT2D eigenvalue weighted by molar-refractivity contribution is 7.13. The summed E-state index contributed by atoms with van der Waals surface area (Å²) in [5, 5.41) is 4.90. The fourth-order valence-electron chi connectivity index (χ4n) is 3.99. The summed E-state index contributed by atoms with van der Waals surface area (Å²) in [7, 11) is 3.27. The molecule has 1 aliphatic rings. The molecule has 5 nitrogen and oxygen atoms in total. The number of amides is 2. The molecule has 1 fully saturated rings. The Labute approximate surface area is 170 Å². The Morgan fingerprint density at radius 2 is 2.04 bits per heavy atom. The van der Waals surface area contributed by atoms with E-state index in [4.69, 9.17) is 4.74 Å². The molecule has 1 unspecified atom stereocenters. The van der Waals surface area contributed by atoms with Gasteiger partial charge in [-0.05, 0) is 41.8 Å². The molecule has 0 spiro atoms. The first-order chi connectivity index (χ1) is 13.6. The average Bonchev–Trinajstić information content (AvgIpc) is 3.27. The van der Waals surface area contributed by atoms with E-state index in [1.54, 1.807) is 25.5 Å². The van der Waals surface area contributed by atoms with Crippen molar-refractivity contribution in [1.82, 2.24) is 10.2 Å². The molecule has 0 radical (unpaired) electrons. The normalized spacial score (nSPS) is 19.4. The zero-order chi connectivity index (χ0) is 20.0. The molecule has 1 N–H and O–H groups in total. The van der Waals surface area contributed by atoms with E-state index in [1.165, 1.54) is 10.4 Å². The Morgan fingerprint density at radius 3 is 2.68 bits per heavy atom. The number of carbonyl (C=O) groups excluding carboxylic acids is 2. The third kappa shape index (κ3) is 4.62. The highest BCUT2D eigenvalue weighted by Gasteiger charge is 2.42. The number of ether oxygens (including phenoxy) is 1. The number of piperidine rings is 1.